The van der Waals surface area contributed by atoms with Crippen LogP contribution >= 0.6 is 0 Å². The monoisotopic (exact) mass is 343 g/mol. The van der Waals surface area contributed by atoms with Crippen molar-refractivity contribution < 1.29 is 14.3 Å². The Balaban J connectivity index is 1.34. The predicted molar refractivity (Wildman–Crippen MR) is 88.0 cm³/mol. The van der Waals surface area contributed by atoms with Gasteiger partial charge in [0.15, 0.2) is 5.60 Å². The number of hydrogen-bond donors (Lipinski definition) is 0. The molecule has 4 fully saturated rings. The first-order valence-corrected chi connectivity index (χ1v) is 8.89. The van der Waals surface area contributed by atoms with Gasteiger partial charge in [0, 0.05) is 31.7 Å². The van der Waals surface area contributed by atoms with Gasteiger partial charge in [0.05, 0.1) is 19.1 Å². The molecule has 1 unspecified atom stereocenters. The number of rotatable bonds is 2. The molecule has 0 bridgehead atoms. The molecule has 1 atom stereocenters. The van der Waals surface area contributed by atoms with E-state index in [0.717, 1.165) is 24.5 Å². The highest BCUT2D eigenvalue weighted by molar-refractivity contribution is 5.82. The van der Waals surface area contributed by atoms with Crippen molar-refractivity contribution >= 4 is 17.8 Å². The highest BCUT2D eigenvalue weighted by atomic mass is 16.6. The molecule has 0 radical (unpaired) electrons. The molecule has 8 heteroatoms. The van der Waals surface area contributed by atoms with Crippen LogP contribution < -0.4 is 4.90 Å². The van der Waals surface area contributed by atoms with E-state index in [1.807, 2.05) is 17.9 Å². The van der Waals surface area contributed by atoms with Crippen LogP contribution in [0.15, 0.2) is 12.3 Å². The number of fused-ring (bicyclic) bond motifs is 2. The lowest BCUT2D eigenvalue weighted by molar-refractivity contribution is -0.135. The first-order valence-electron chi connectivity index (χ1n) is 8.89. The maximum atomic E-state index is 12.4. The standard InChI is InChI=1S/C17H21N5O3/c1-11-18-5-4-14(19-11)21-9-17(10-21)13-8-20(15(23)12-2-3-12)6-7-22(13)16(24)25-17/h4-5,12-13H,2-3,6-10H2,1H3. The van der Waals surface area contributed by atoms with E-state index in [0.29, 0.717) is 32.7 Å². The van der Waals surface area contributed by atoms with Gasteiger partial charge in [-0.25, -0.2) is 14.8 Å². The van der Waals surface area contributed by atoms with Crippen molar-refractivity contribution in [3.8, 4) is 0 Å². The summed E-state index contributed by atoms with van der Waals surface area (Å²) in [5.41, 5.74) is -0.529. The van der Waals surface area contributed by atoms with Gasteiger partial charge in [0.25, 0.3) is 0 Å². The lowest BCUT2D eigenvalue weighted by Crippen LogP contribution is -2.71. The fourth-order valence-corrected chi connectivity index (χ4v) is 4.20. The summed E-state index contributed by atoms with van der Waals surface area (Å²) in [6.45, 7) is 4.85. The van der Waals surface area contributed by atoms with Gasteiger partial charge in [-0.2, -0.15) is 0 Å². The highest BCUT2D eigenvalue weighted by Crippen LogP contribution is 2.42. The molecule has 5 rings (SSSR count). The summed E-state index contributed by atoms with van der Waals surface area (Å²) in [5.74, 6) is 2.04. The number of carbonyl (C=O) groups is 2. The lowest BCUT2D eigenvalue weighted by Gasteiger charge is -2.51. The number of carbonyl (C=O) groups excluding carboxylic acids is 2. The fraction of sp³-hybridized carbons (Fsp3) is 0.647. The second-order valence-electron chi connectivity index (χ2n) is 7.52. The van der Waals surface area contributed by atoms with Crippen molar-refractivity contribution in [2.75, 3.05) is 37.6 Å². The van der Waals surface area contributed by atoms with Gasteiger partial charge in [-0.15, -0.1) is 0 Å². The summed E-state index contributed by atoms with van der Waals surface area (Å²) in [6, 6.07) is 1.81. The first-order chi connectivity index (χ1) is 12.1. The molecular formula is C17H21N5O3. The van der Waals surface area contributed by atoms with Crippen molar-refractivity contribution in [3.05, 3.63) is 18.1 Å². The third kappa shape index (κ3) is 2.26. The normalized spacial score (nSPS) is 27.2. The predicted octanol–water partition coefficient (Wildman–Crippen LogP) is 0.417. The van der Waals surface area contributed by atoms with Gasteiger partial charge in [0.1, 0.15) is 11.6 Å². The minimum absolute atomic E-state index is 0.0596. The second kappa shape index (κ2) is 5.06. The molecule has 25 heavy (non-hydrogen) atoms. The quantitative estimate of drug-likeness (QED) is 0.774. The number of hydrogen-bond acceptors (Lipinski definition) is 6. The lowest BCUT2D eigenvalue weighted by atomic mass is 9.84. The average Bonchev–Trinajstić information content (AvgIpc) is 3.37. The Morgan fingerprint density at radius 3 is 2.84 bits per heavy atom. The first kappa shape index (κ1) is 14.9. The largest absolute Gasteiger partial charge is 0.437 e. The molecule has 1 aromatic heterocycles. The van der Waals surface area contributed by atoms with E-state index in [-0.39, 0.29) is 24.0 Å². The Labute approximate surface area is 145 Å². The highest BCUT2D eigenvalue weighted by Gasteiger charge is 2.62. The Morgan fingerprint density at radius 1 is 1.32 bits per heavy atom. The summed E-state index contributed by atoms with van der Waals surface area (Å²) < 4.78 is 5.78. The van der Waals surface area contributed by atoms with E-state index in [1.54, 1.807) is 11.1 Å². The molecule has 1 saturated carbocycles. The Kier molecular flexibility index (Phi) is 3.02. The number of amides is 2. The Hall–Kier alpha value is -2.38. The zero-order valence-corrected chi connectivity index (χ0v) is 14.2. The molecule has 1 spiro atoms. The van der Waals surface area contributed by atoms with Gasteiger partial charge < -0.3 is 14.5 Å². The van der Waals surface area contributed by atoms with Crippen LogP contribution in [0.1, 0.15) is 18.7 Å². The Bertz CT molecular complexity index is 744. The molecular weight excluding hydrogens is 322 g/mol. The Morgan fingerprint density at radius 2 is 2.12 bits per heavy atom. The van der Waals surface area contributed by atoms with Crippen LogP contribution in [0.2, 0.25) is 0 Å². The van der Waals surface area contributed by atoms with E-state index in [1.165, 1.54) is 0 Å². The van der Waals surface area contributed by atoms with Gasteiger partial charge >= 0.3 is 6.09 Å². The van der Waals surface area contributed by atoms with Gasteiger partial charge in [-0.05, 0) is 25.8 Å². The van der Waals surface area contributed by atoms with Crippen molar-refractivity contribution in [2.45, 2.75) is 31.4 Å². The SMILES string of the molecule is Cc1nccc(N2CC3(C2)OC(=O)N2CCN(C(=O)C4CC4)CC23)n1. The summed E-state index contributed by atoms with van der Waals surface area (Å²) in [5, 5.41) is 0. The molecule has 4 aliphatic rings. The van der Waals surface area contributed by atoms with Crippen LogP contribution in [0.4, 0.5) is 10.6 Å². The maximum absolute atomic E-state index is 12.4. The van der Waals surface area contributed by atoms with Gasteiger partial charge in [-0.1, -0.05) is 0 Å². The summed E-state index contributed by atoms with van der Waals surface area (Å²) >= 11 is 0. The molecule has 3 aliphatic heterocycles. The number of piperazine rings is 1. The minimum Gasteiger partial charge on any atom is -0.437 e. The third-order valence-corrected chi connectivity index (χ3v) is 5.75. The molecule has 132 valence electrons. The molecule has 0 N–H and O–H groups in total. The van der Waals surface area contributed by atoms with E-state index < -0.39 is 5.60 Å². The summed E-state index contributed by atoms with van der Waals surface area (Å²) in [6.07, 6.45) is 3.50. The van der Waals surface area contributed by atoms with Crippen molar-refractivity contribution in [2.24, 2.45) is 5.92 Å². The minimum atomic E-state index is -0.529. The molecule has 3 saturated heterocycles. The van der Waals surface area contributed by atoms with Crippen LogP contribution in [0, 0.1) is 12.8 Å². The van der Waals surface area contributed by atoms with Gasteiger partial charge in [-0.3, -0.25) is 9.69 Å². The van der Waals surface area contributed by atoms with Crippen LogP contribution in [-0.2, 0) is 9.53 Å². The summed E-state index contributed by atoms with van der Waals surface area (Å²) in [4.78, 5) is 39.1. The van der Waals surface area contributed by atoms with E-state index >= 15 is 0 Å². The molecule has 8 nitrogen and oxygen atoms in total. The maximum Gasteiger partial charge on any atom is 0.411 e. The second-order valence-corrected chi connectivity index (χ2v) is 7.52. The van der Waals surface area contributed by atoms with Crippen molar-refractivity contribution in [3.63, 3.8) is 0 Å². The average molecular weight is 343 g/mol. The van der Waals surface area contributed by atoms with E-state index in [4.69, 9.17) is 4.74 Å². The van der Waals surface area contributed by atoms with Crippen LogP contribution in [-0.4, -0.2) is 76.1 Å². The molecule has 4 heterocycles. The fourth-order valence-electron chi connectivity index (χ4n) is 4.20. The van der Waals surface area contributed by atoms with Crippen LogP contribution in [0.5, 0.6) is 0 Å². The van der Waals surface area contributed by atoms with E-state index in [2.05, 4.69) is 14.9 Å². The molecule has 1 aromatic rings. The van der Waals surface area contributed by atoms with Gasteiger partial charge in [0.2, 0.25) is 5.91 Å². The molecule has 2 amide bonds. The number of anilines is 1. The summed E-state index contributed by atoms with van der Waals surface area (Å²) in [7, 11) is 0. The topological polar surface area (TPSA) is 78.9 Å². The zero-order chi connectivity index (χ0) is 17.2. The van der Waals surface area contributed by atoms with E-state index in [9.17, 15) is 9.59 Å². The van der Waals surface area contributed by atoms with Crippen LogP contribution in [0.3, 0.4) is 0 Å². The van der Waals surface area contributed by atoms with Crippen molar-refractivity contribution in [1.29, 1.82) is 0 Å². The molecule has 0 aromatic carbocycles. The number of aromatic nitrogens is 2. The molecule has 1 aliphatic carbocycles. The number of nitrogens with zero attached hydrogens (tertiary/aromatic N) is 5. The third-order valence-electron chi connectivity index (χ3n) is 5.75. The van der Waals surface area contributed by atoms with Crippen molar-refractivity contribution in [1.82, 2.24) is 19.8 Å². The number of aryl methyl sites for hydroxylation is 1. The van der Waals surface area contributed by atoms with Crippen LogP contribution in [0.25, 0.3) is 0 Å². The zero-order valence-electron chi connectivity index (χ0n) is 14.2. The smallest absolute Gasteiger partial charge is 0.411 e. The number of ether oxygens (including phenoxy) is 1.